The van der Waals surface area contributed by atoms with Crippen molar-refractivity contribution in [3.63, 3.8) is 0 Å². The minimum Gasteiger partial charge on any atom is -0.384 e. The summed E-state index contributed by atoms with van der Waals surface area (Å²) < 4.78 is 19.1. The van der Waals surface area contributed by atoms with Gasteiger partial charge in [0.25, 0.3) is 0 Å². The monoisotopic (exact) mass is 294 g/mol. The summed E-state index contributed by atoms with van der Waals surface area (Å²) in [7, 11) is 0. The van der Waals surface area contributed by atoms with E-state index in [2.05, 4.69) is 17.2 Å². The molecule has 0 spiro atoms. The van der Waals surface area contributed by atoms with Gasteiger partial charge in [-0.2, -0.15) is 0 Å². The number of nitrogens with one attached hydrogen (secondary N) is 1. The number of nitrogens with zero attached hydrogens (tertiary/aromatic N) is 1. The van der Waals surface area contributed by atoms with Crippen LogP contribution < -0.4 is 5.32 Å². The van der Waals surface area contributed by atoms with Crippen LogP contribution >= 0.6 is 11.6 Å². The normalized spacial score (nSPS) is 14.3. The van der Waals surface area contributed by atoms with Crippen molar-refractivity contribution in [2.75, 3.05) is 18.5 Å². The summed E-state index contributed by atoms with van der Waals surface area (Å²) in [5, 5.41) is 4.57. The quantitative estimate of drug-likeness (QED) is 0.931. The van der Waals surface area contributed by atoms with Crippen LogP contribution in [0.2, 0.25) is 5.02 Å². The standard InChI is InChI=1S/C15H16ClFN2O/c1-2-4-18-15-10-8-20-5-3-12(10)19-13-7-9(17)6-11(16)14(13)15/h6-7H,2-5,8H2,1H3,(H,18,19). The first-order valence-electron chi connectivity index (χ1n) is 6.82. The Morgan fingerprint density at radius 2 is 2.30 bits per heavy atom. The minimum atomic E-state index is -0.358. The highest BCUT2D eigenvalue weighted by Crippen LogP contribution is 2.36. The van der Waals surface area contributed by atoms with Gasteiger partial charge in [0.05, 0.1) is 35.1 Å². The molecule has 0 atom stereocenters. The van der Waals surface area contributed by atoms with Crippen molar-refractivity contribution in [3.8, 4) is 0 Å². The lowest BCUT2D eigenvalue weighted by Gasteiger charge is -2.22. The smallest absolute Gasteiger partial charge is 0.126 e. The molecule has 106 valence electrons. The number of anilines is 1. The van der Waals surface area contributed by atoms with E-state index in [1.165, 1.54) is 12.1 Å². The molecule has 0 amide bonds. The molecule has 1 aliphatic heterocycles. The first-order chi connectivity index (χ1) is 9.70. The van der Waals surface area contributed by atoms with Crippen LogP contribution in [0, 0.1) is 5.82 Å². The molecular formula is C15H16ClFN2O. The Morgan fingerprint density at radius 1 is 1.45 bits per heavy atom. The van der Waals surface area contributed by atoms with Gasteiger partial charge >= 0.3 is 0 Å². The summed E-state index contributed by atoms with van der Waals surface area (Å²) in [5.41, 5.74) is 3.57. The molecule has 0 saturated carbocycles. The Kier molecular flexibility index (Phi) is 3.76. The molecule has 0 fully saturated rings. The lowest BCUT2D eigenvalue weighted by molar-refractivity contribution is 0.110. The van der Waals surface area contributed by atoms with E-state index in [1.54, 1.807) is 0 Å². The zero-order valence-electron chi connectivity index (χ0n) is 11.3. The topological polar surface area (TPSA) is 34.2 Å². The molecule has 0 unspecified atom stereocenters. The summed E-state index contributed by atoms with van der Waals surface area (Å²) in [6.07, 6.45) is 1.75. The number of ether oxygens (including phenoxy) is 1. The van der Waals surface area contributed by atoms with Crippen LogP contribution in [-0.4, -0.2) is 18.1 Å². The van der Waals surface area contributed by atoms with Crippen LogP contribution in [0.15, 0.2) is 12.1 Å². The van der Waals surface area contributed by atoms with Crippen LogP contribution in [-0.2, 0) is 17.8 Å². The van der Waals surface area contributed by atoms with E-state index in [9.17, 15) is 4.39 Å². The molecule has 0 saturated heterocycles. The second kappa shape index (κ2) is 5.54. The predicted octanol–water partition coefficient (Wildman–Crippen LogP) is 3.92. The first kappa shape index (κ1) is 13.6. The maximum Gasteiger partial charge on any atom is 0.126 e. The highest BCUT2D eigenvalue weighted by Gasteiger charge is 2.20. The highest BCUT2D eigenvalue weighted by molar-refractivity contribution is 6.36. The zero-order valence-corrected chi connectivity index (χ0v) is 12.1. The van der Waals surface area contributed by atoms with Gasteiger partial charge in [-0.3, -0.25) is 4.98 Å². The summed E-state index contributed by atoms with van der Waals surface area (Å²) >= 11 is 6.23. The summed E-state index contributed by atoms with van der Waals surface area (Å²) in [6.45, 7) is 4.11. The van der Waals surface area contributed by atoms with E-state index in [0.717, 1.165) is 41.7 Å². The van der Waals surface area contributed by atoms with E-state index >= 15 is 0 Å². The summed E-state index contributed by atoms with van der Waals surface area (Å²) in [5.74, 6) is -0.358. The SMILES string of the molecule is CCCNc1c2c(nc3cc(F)cc(Cl)c13)CCOC2. The summed E-state index contributed by atoms with van der Waals surface area (Å²) in [6, 6.07) is 2.77. The van der Waals surface area contributed by atoms with E-state index < -0.39 is 0 Å². The molecule has 20 heavy (non-hydrogen) atoms. The zero-order chi connectivity index (χ0) is 14.1. The minimum absolute atomic E-state index is 0.358. The van der Waals surface area contributed by atoms with Gasteiger partial charge in [0.15, 0.2) is 0 Å². The molecule has 1 N–H and O–H groups in total. The third-order valence-electron chi connectivity index (χ3n) is 3.47. The molecule has 5 heteroatoms. The molecule has 1 aromatic carbocycles. The van der Waals surface area contributed by atoms with Crippen LogP contribution in [0.4, 0.5) is 10.1 Å². The number of rotatable bonds is 3. The van der Waals surface area contributed by atoms with Crippen molar-refractivity contribution in [3.05, 3.63) is 34.2 Å². The van der Waals surface area contributed by atoms with Crippen molar-refractivity contribution >= 4 is 28.2 Å². The van der Waals surface area contributed by atoms with Gasteiger partial charge in [-0.1, -0.05) is 18.5 Å². The van der Waals surface area contributed by atoms with Crippen molar-refractivity contribution in [1.29, 1.82) is 0 Å². The molecule has 0 bridgehead atoms. The largest absolute Gasteiger partial charge is 0.384 e. The number of pyridine rings is 1. The van der Waals surface area contributed by atoms with E-state index in [4.69, 9.17) is 16.3 Å². The fraction of sp³-hybridized carbons (Fsp3) is 0.400. The van der Waals surface area contributed by atoms with Gasteiger partial charge in [0, 0.05) is 30.0 Å². The molecule has 2 aromatic rings. The van der Waals surface area contributed by atoms with Crippen molar-refractivity contribution < 1.29 is 9.13 Å². The molecular weight excluding hydrogens is 279 g/mol. The molecule has 3 nitrogen and oxygen atoms in total. The van der Waals surface area contributed by atoms with Gasteiger partial charge in [0.2, 0.25) is 0 Å². The van der Waals surface area contributed by atoms with E-state index in [0.29, 0.717) is 23.8 Å². The Hall–Kier alpha value is -1.39. The van der Waals surface area contributed by atoms with Gasteiger partial charge in [0.1, 0.15) is 5.82 Å². The number of hydrogen-bond acceptors (Lipinski definition) is 3. The first-order valence-corrected chi connectivity index (χ1v) is 7.20. The number of halogens is 2. The molecule has 0 radical (unpaired) electrons. The maximum absolute atomic E-state index is 13.5. The number of hydrogen-bond donors (Lipinski definition) is 1. The van der Waals surface area contributed by atoms with Gasteiger partial charge in [-0.05, 0) is 12.5 Å². The average molecular weight is 295 g/mol. The fourth-order valence-corrected chi connectivity index (χ4v) is 2.85. The van der Waals surface area contributed by atoms with E-state index in [-0.39, 0.29) is 5.82 Å². The second-order valence-corrected chi connectivity index (χ2v) is 5.33. The van der Waals surface area contributed by atoms with E-state index in [1.807, 2.05) is 0 Å². The molecule has 3 rings (SSSR count). The van der Waals surface area contributed by atoms with Crippen LogP contribution in [0.25, 0.3) is 10.9 Å². The van der Waals surface area contributed by atoms with Crippen molar-refractivity contribution in [1.82, 2.24) is 4.98 Å². The van der Waals surface area contributed by atoms with Gasteiger partial charge in [-0.25, -0.2) is 4.39 Å². The number of benzene rings is 1. The molecule has 0 aliphatic carbocycles. The van der Waals surface area contributed by atoms with Crippen molar-refractivity contribution in [2.24, 2.45) is 0 Å². The van der Waals surface area contributed by atoms with Crippen LogP contribution in [0.1, 0.15) is 24.6 Å². The molecule has 1 aliphatic rings. The Balaban J connectivity index is 2.27. The number of aromatic nitrogens is 1. The lowest BCUT2D eigenvalue weighted by Crippen LogP contribution is -2.16. The average Bonchev–Trinajstić information content (AvgIpc) is 2.43. The Labute approximate surface area is 122 Å². The summed E-state index contributed by atoms with van der Waals surface area (Å²) in [4.78, 5) is 4.56. The third-order valence-corrected chi connectivity index (χ3v) is 3.77. The third kappa shape index (κ3) is 2.34. The van der Waals surface area contributed by atoms with Gasteiger partial charge < -0.3 is 10.1 Å². The fourth-order valence-electron chi connectivity index (χ4n) is 2.55. The second-order valence-electron chi connectivity index (χ2n) is 4.92. The number of fused-ring (bicyclic) bond motifs is 2. The highest BCUT2D eigenvalue weighted by atomic mass is 35.5. The Morgan fingerprint density at radius 3 is 3.10 bits per heavy atom. The van der Waals surface area contributed by atoms with Crippen LogP contribution in [0.5, 0.6) is 0 Å². The van der Waals surface area contributed by atoms with Crippen LogP contribution in [0.3, 0.4) is 0 Å². The molecule has 2 heterocycles. The maximum atomic E-state index is 13.5. The lowest BCUT2D eigenvalue weighted by atomic mass is 10.0. The molecule has 1 aromatic heterocycles. The van der Waals surface area contributed by atoms with Gasteiger partial charge in [-0.15, -0.1) is 0 Å². The Bertz CT molecular complexity index is 660. The predicted molar refractivity (Wildman–Crippen MR) is 78.9 cm³/mol. The van der Waals surface area contributed by atoms with Crippen molar-refractivity contribution in [2.45, 2.75) is 26.4 Å².